The molecule has 2 heterocycles. The minimum absolute atomic E-state index is 0.0143. The van der Waals surface area contributed by atoms with Crippen molar-refractivity contribution in [3.05, 3.63) is 71.3 Å². The summed E-state index contributed by atoms with van der Waals surface area (Å²) in [5, 5.41) is 3.11. The number of fused-ring (bicyclic) bond motifs is 1. The van der Waals surface area contributed by atoms with Crippen molar-refractivity contribution in [2.75, 3.05) is 27.2 Å². The molecule has 2 aromatic rings. The number of rotatable bonds is 4. The minimum Gasteiger partial charge on any atom is -0.348 e. The predicted octanol–water partition coefficient (Wildman–Crippen LogP) is 1.89. The van der Waals surface area contributed by atoms with E-state index in [4.69, 9.17) is 0 Å². The van der Waals surface area contributed by atoms with Crippen LogP contribution in [0, 0.1) is 5.92 Å². The Bertz CT molecular complexity index is 973. The second kappa shape index (κ2) is 7.94. The Labute approximate surface area is 176 Å². The van der Waals surface area contributed by atoms with E-state index in [1.807, 2.05) is 48.5 Å². The number of hydrogen-bond donors (Lipinski definition) is 1. The maximum absolute atomic E-state index is 13.0. The Morgan fingerprint density at radius 2 is 1.80 bits per heavy atom. The maximum Gasteiger partial charge on any atom is 0.252 e. The van der Waals surface area contributed by atoms with Gasteiger partial charge in [0, 0.05) is 39.2 Å². The average Bonchev–Trinajstić information content (AvgIpc) is 3.10. The molecule has 3 amide bonds. The molecule has 2 aromatic carbocycles. The largest absolute Gasteiger partial charge is 0.348 e. The first-order chi connectivity index (χ1) is 14.4. The zero-order valence-corrected chi connectivity index (χ0v) is 17.4. The second-order valence-corrected chi connectivity index (χ2v) is 8.49. The summed E-state index contributed by atoms with van der Waals surface area (Å²) in [6.45, 7) is 0.679. The van der Waals surface area contributed by atoms with Crippen LogP contribution in [0.3, 0.4) is 0 Å². The molecule has 0 aromatic heterocycles. The van der Waals surface area contributed by atoms with Gasteiger partial charge >= 0.3 is 0 Å². The fourth-order valence-corrected chi connectivity index (χ4v) is 4.66. The van der Waals surface area contributed by atoms with Gasteiger partial charge in [0.25, 0.3) is 5.91 Å². The standard InChI is InChI=1S/C24H27N3O3/c1-26(2)23(30)20-15-27(21(28)13-12-17-8-4-3-5-9-17)16-24(20)14-18-10-6-7-11-19(18)22(29)25-24/h3-11,20H,12-16H2,1-2H3,(H,25,29)/t20-,24+/m0/s1. The summed E-state index contributed by atoms with van der Waals surface area (Å²) in [6.07, 6.45) is 1.58. The third-order valence-corrected chi connectivity index (χ3v) is 6.24. The number of nitrogens with one attached hydrogen (secondary N) is 1. The molecule has 1 saturated heterocycles. The summed E-state index contributed by atoms with van der Waals surface area (Å²) in [6, 6.07) is 17.4. The third kappa shape index (κ3) is 3.70. The second-order valence-electron chi connectivity index (χ2n) is 8.49. The molecule has 1 N–H and O–H groups in total. The molecule has 2 aliphatic heterocycles. The lowest BCUT2D eigenvalue weighted by Gasteiger charge is -2.39. The molecular weight excluding hydrogens is 378 g/mol. The Hall–Kier alpha value is -3.15. The van der Waals surface area contributed by atoms with Gasteiger partial charge in [-0.15, -0.1) is 0 Å². The van der Waals surface area contributed by atoms with Crippen LogP contribution in [0.2, 0.25) is 0 Å². The molecule has 6 nitrogen and oxygen atoms in total. The van der Waals surface area contributed by atoms with Crippen molar-refractivity contribution in [3.8, 4) is 0 Å². The summed E-state index contributed by atoms with van der Waals surface area (Å²) in [4.78, 5) is 42.2. The van der Waals surface area contributed by atoms with E-state index in [1.165, 1.54) is 0 Å². The SMILES string of the molecule is CN(C)C(=O)[C@@H]1CN(C(=O)CCc2ccccc2)C[C@]12Cc1ccccc1C(=O)N2. The summed E-state index contributed by atoms with van der Waals surface area (Å²) in [5.41, 5.74) is 1.92. The maximum atomic E-state index is 13.0. The van der Waals surface area contributed by atoms with E-state index in [0.717, 1.165) is 11.1 Å². The molecule has 156 valence electrons. The Morgan fingerprint density at radius 3 is 2.53 bits per heavy atom. The quantitative estimate of drug-likeness (QED) is 0.845. The Balaban J connectivity index is 1.57. The van der Waals surface area contributed by atoms with Crippen molar-refractivity contribution < 1.29 is 14.4 Å². The van der Waals surface area contributed by atoms with Crippen LogP contribution in [0.5, 0.6) is 0 Å². The number of carbonyl (C=O) groups is 3. The molecule has 4 rings (SSSR count). The molecule has 2 atom stereocenters. The molecule has 0 unspecified atom stereocenters. The Kier molecular flexibility index (Phi) is 5.33. The van der Waals surface area contributed by atoms with E-state index in [2.05, 4.69) is 5.32 Å². The van der Waals surface area contributed by atoms with E-state index >= 15 is 0 Å². The number of likely N-dealkylation sites (tertiary alicyclic amines) is 1. The molecular formula is C24H27N3O3. The van der Waals surface area contributed by atoms with Gasteiger partial charge in [-0.25, -0.2) is 0 Å². The fourth-order valence-electron chi connectivity index (χ4n) is 4.66. The van der Waals surface area contributed by atoms with Crippen LogP contribution in [0.25, 0.3) is 0 Å². The highest BCUT2D eigenvalue weighted by atomic mass is 16.2. The minimum atomic E-state index is -0.769. The zero-order chi connectivity index (χ0) is 21.3. The van der Waals surface area contributed by atoms with E-state index in [-0.39, 0.29) is 17.7 Å². The Morgan fingerprint density at radius 1 is 1.10 bits per heavy atom. The van der Waals surface area contributed by atoms with Gasteiger partial charge in [0.2, 0.25) is 11.8 Å². The molecule has 1 spiro atoms. The van der Waals surface area contributed by atoms with Crippen molar-refractivity contribution in [2.24, 2.45) is 5.92 Å². The van der Waals surface area contributed by atoms with Gasteiger partial charge in [0.05, 0.1) is 11.5 Å². The molecule has 0 bridgehead atoms. The number of carbonyl (C=O) groups excluding carboxylic acids is 3. The lowest BCUT2D eigenvalue weighted by molar-refractivity contribution is -0.134. The number of hydrogen-bond acceptors (Lipinski definition) is 3. The van der Waals surface area contributed by atoms with Gasteiger partial charge in [0.1, 0.15) is 0 Å². The molecule has 0 aliphatic carbocycles. The first kappa shape index (κ1) is 20.1. The summed E-state index contributed by atoms with van der Waals surface area (Å²) in [7, 11) is 3.43. The lowest BCUT2D eigenvalue weighted by Crippen LogP contribution is -2.61. The van der Waals surface area contributed by atoms with Gasteiger partial charge in [-0.1, -0.05) is 48.5 Å². The first-order valence-corrected chi connectivity index (χ1v) is 10.3. The smallest absolute Gasteiger partial charge is 0.252 e. The van der Waals surface area contributed by atoms with E-state index < -0.39 is 11.5 Å². The van der Waals surface area contributed by atoms with Crippen molar-refractivity contribution >= 4 is 17.7 Å². The molecule has 6 heteroatoms. The van der Waals surface area contributed by atoms with Crippen LogP contribution in [0.15, 0.2) is 54.6 Å². The molecule has 2 aliphatic rings. The van der Waals surface area contributed by atoms with E-state index in [9.17, 15) is 14.4 Å². The molecule has 30 heavy (non-hydrogen) atoms. The topological polar surface area (TPSA) is 69.7 Å². The summed E-state index contributed by atoms with van der Waals surface area (Å²) < 4.78 is 0. The predicted molar refractivity (Wildman–Crippen MR) is 114 cm³/mol. The number of nitrogens with zero attached hydrogens (tertiary/aromatic N) is 2. The normalized spacial score (nSPS) is 22.5. The highest BCUT2D eigenvalue weighted by molar-refractivity contribution is 5.98. The van der Waals surface area contributed by atoms with Gasteiger partial charge in [-0.05, 0) is 30.0 Å². The highest BCUT2D eigenvalue weighted by Crippen LogP contribution is 2.36. The number of benzene rings is 2. The van der Waals surface area contributed by atoms with Crippen LogP contribution in [-0.4, -0.2) is 60.2 Å². The number of amides is 3. The van der Waals surface area contributed by atoms with Gasteiger partial charge in [-0.3, -0.25) is 14.4 Å². The van der Waals surface area contributed by atoms with Crippen LogP contribution in [-0.2, 0) is 22.4 Å². The first-order valence-electron chi connectivity index (χ1n) is 10.3. The highest BCUT2D eigenvalue weighted by Gasteiger charge is 2.54. The summed E-state index contributed by atoms with van der Waals surface area (Å²) in [5.74, 6) is -0.689. The van der Waals surface area contributed by atoms with Crippen molar-refractivity contribution in [2.45, 2.75) is 24.8 Å². The zero-order valence-electron chi connectivity index (χ0n) is 17.4. The van der Waals surface area contributed by atoms with Crippen molar-refractivity contribution in [1.29, 1.82) is 0 Å². The molecule has 0 radical (unpaired) electrons. The van der Waals surface area contributed by atoms with E-state index in [1.54, 1.807) is 30.0 Å². The van der Waals surface area contributed by atoms with Crippen molar-refractivity contribution in [3.63, 3.8) is 0 Å². The van der Waals surface area contributed by atoms with Gasteiger partial charge < -0.3 is 15.1 Å². The van der Waals surface area contributed by atoms with Crippen molar-refractivity contribution in [1.82, 2.24) is 15.1 Å². The monoisotopic (exact) mass is 405 g/mol. The van der Waals surface area contributed by atoms with E-state index in [0.29, 0.717) is 37.9 Å². The third-order valence-electron chi connectivity index (χ3n) is 6.24. The molecule has 0 saturated carbocycles. The average molecular weight is 405 g/mol. The van der Waals surface area contributed by atoms with Crippen LogP contribution in [0.1, 0.15) is 27.9 Å². The summed E-state index contributed by atoms with van der Waals surface area (Å²) >= 11 is 0. The number of aryl methyl sites for hydroxylation is 1. The van der Waals surface area contributed by atoms with Gasteiger partial charge in [-0.2, -0.15) is 0 Å². The molecule has 1 fully saturated rings. The van der Waals surface area contributed by atoms with Crippen LogP contribution >= 0.6 is 0 Å². The van der Waals surface area contributed by atoms with Crippen LogP contribution < -0.4 is 5.32 Å². The lowest BCUT2D eigenvalue weighted by atomic mass is 9.77. The van der Waals surface area contributed by atoms with Crippen LogP contribution in [0.4, 0.5) is 0 Å². The fraction of sp³-hybridized carbons (Fsp3) is 0.375. The van der Waals surface area contributed by atoms with Gasteiger partial charge in [0.15, 0.2) is 0 Å².